The predicted molar refractivity (Wildman–Crippen MR) is 126 cm³/mol. The molecule has 32 heavy (non-hydrogen) atoms. The summed E-state index contributed by atoms with van der Waals surface area (Å²) in [6.07, 6.45) is 0. The van der Waals surface area contributed by atoms with E-state index in [0.29, 0.717) is 28.3 Å². The third-order valence-corrected chi connectivity index (χ3v) is 5.35. The standard InChI is InChI=1S/C26H24N2O4/c1-17-7-12-24-19(13-17)14-20(25(29)27-24)16-28(21-8-10-22(31-2)11-9-21)26(30)18-5-4-6-23(15-18)32-3/h4-15H,16H2,1-3H3,(H,27,29). The number of pyridine rings is 1. The van der Waals surface area contributed by atoms with E-state index in [1.807, 2.05) is 31.2 Å². The summed E-state index contributed by atoms with van der Waals surface area (Å²) in [7, 11) is 3.15. The number of anilines is 1. The number of aromatic amines is 1. The Morgan fingerprint density at radius 2 is 1.66 bits per heavy atom. The Balaban J connectivity index is 1.78. The zero-order chi connectivity index (χ0) is 22.7. The number of H-pyrrole nitrogens is 1. The van der Waals surface area contributed by atoms with Crippen LogP contribution >= 0.6 is 0 Å². The quantitative estimate of drug-likeness (QED) is 0.483. The van der Waals surface area contributed by atoms with Crippen LogP contribution in [0.1, 0.15) is 21.5 Å². The molecule has 3 aromatic carbocycles. The van der Waals surface area contributed by atoms with E-state index < -0.39 is 0 Å². The van der Waals surface area contributed by atoms with E-state index in [9.17, 15) is 9.59 Å². The van der Waals surface area contributed by atoms with Crippen molar-refractivity contribution in [3.63, 3.8) is 0 Å². The first-order valence-electron chi connectivity index (χ1n) is 10.2. The van der Waals surface area contributed by atoms with Gasteiger partial charge in [-0.1, -0.05) is 17.7 Å². The number of carbonyl (C=O) groups is 1. The van der Waals surface area contributed by atoms with Gasteiger partial charge in [0.15, 0.2) is 0 Å². The molecule has 1 N–H and O–H groups in total. The maximum atomic E-state index is 13.5. The molecule has 0 aliphatic heterocycles. The van der Waals surface area contributed by atoms with Crippen molar-refractivity contribution >= 4 is 22.5 Å². The predicted octanol–water partition coefficient (Wildman–Crippen LogP) is 4.70. The minimum atomic E-state index is -0.238. The number of carbonyl (C=O) groups excluding carboxylic acids is 1. The van der Waals surface area contributed by atoms with Gasteiger partial charge in [0.2, 0.25) is 0 Å². The normalized spacial score (nSPS) is 10.7. The minimum absolute atomic E-state index is 0.113. The fourth-order valence-electron chi connectivity index (χ4n) is 3.61. The van der Waals surface area contributed by atoms with Gasteiger partial charge in [-0.3, -0.25) is 9.59 Å². The molecule has 0 atom stereocenters. The van der Waals surface area contributed by atoms with Crippen LogP contribution in [0.25, 0.3) is 10.9 Å². The molecule has 6 nitrogen and oxygen atoms in total. The Kier molecular flexibility index (Phi) is 5.94. The summed E-state index contributed by atoms with van der Waals surface area (Å²) in [6, 6.07) is 21.8. The number of aryl methyl sites for hydroxylation is 1. The first-order chi connectivity index (χ1) is 15.5. The lowest BCUT2D eigenvalue weighted by Crippen LogP contribution is -2.32. The summed E-state index contributed by atoms with van der Waals surface area (Å²) < 4.78 is 10.5. The Morgan fingerprint density at radius 3 is 2.38 bits per heavy atom. The van der Waals surface area contributed by atoms with Crippen molar-refractivity contribution in [2.45, 2.75) is 13.5 Å². The van der Waals surface area contributed by atoms with Gasteiger partial charge in [0.05, 0.1) is 20.8 Å². The summed E-state index contributed by atoms with van der Waals surface area (Å²) in [4.78, 5) is 30.8. The van der Waals surface area contributed by atoms with Crippen LogP contribution in [0.3, 0.4) is 0 Å². The molecule has 0 radical (unpaired) electrons. The van der Waals surface area contributed by atoms with Crippen LogP contribution in [0.5, 0.6) is 11.5 Å². The summed E-state index contributed by atoms with van der Waals surface area (Å²) in [5, 5.41) is 0.920. The molecule has 0 bridgehead atoms. The van der Waals surface area contributed by atoms with Gasteiger partial charge in [-0.05, 0) is 73.0 Å². The van der Waals surface area contributed by atoms with Gasteiger partial charge in [-0.25, -0.2) is 0 Å². The minimum Gasteiger partial charge on any atom is -0.497 e. The van der Waals surface area contributed by atoms with Gasteiger partial charge in [0.25, 0.3) is 11.5 Å². The molecule has 4 aromatic rings. The van der Waals surface area contributed by atoms with Gasteiger partial charge in [0, 0.05) is 22.3 Å². The second-order valence-corrected chi connectivity index (χ2v) is 7.54. The van der Waals surface area contributed by atoms with Crippen LogP contribution in [0.15, 0.2) is 77.6 Å². The second kappa shape index (κ2) is 8.98. The Labute approximate surface area is 186 Å². The molecule has 4 rings (SSSR count). The summed E-state index contributed by atoms with van der Waals surface area (Å²) in [6.45, 7) is 2.11. The molecular formula is C26H24N2O4. The van der Waals surface area contributed by atoms with Crippen molar-refractivity contribution in [1.29, 1.82) is 0 Å². The molecule has 0 aliphatic carbocycles. The zero-order valence-electron chi connectivity index (χ0n) is 18.2. The van der Waals surface area contributed by atoms with Gasteiger partial charge in [-0.15, -0.1) is 0 Å². The summed E-state index contributed by atoms with van der Waals surface area (Å²) in [5.74, 6) is 1.03. The maximum absolute atomic E-state index is 13.5. The van der Waals surface area contributed by atoms with Gasteiger partial charge in [-0.2, -0.15) is 0 Å². The van der Waals surface area contributed by atoms with Gasteiger partial charge in [0.1, 0.15) is 11.5 Å². The number of methoxy groups -OCH3 is 2. The highest BCUT2D eigenvalue weighted by Crippen LogP contribution is 2.25. The topological polar surface area (TPSA) is 71.6 Å². The molecule has 0 unspecified atom stereocenters. The average molecular weight is 428 g/mol. The lowest BCUT2D eigenvalue weighted by molar-refractivity contribution is 0.0984. The molecule has 162 valence electrons. The van der Waals surface area contributed by atoms with Crippen molar-refractivity contribution in [3.05, 3.63) is 99.8 Å². The van der Waals surface area contributed by atoms with E-state index in [4.69, 9.17) is 9.47 Å². The first kappa shape index (κ1) is 21.2. The Morgan fingerprint density at radius 1 is 0.906 bits per heavy atom. The summed E-state index contributed by atoms with van der Waals surface area (Å²) >= 11 is 0. The smallest absolute Gasteiger partial charge is 0.258 e. The molecule has 0 fully saturated rings. The Hall–Kier alpha value is -4.06. The van der Waals surface area contributed by atoms with Crippen LogP contribution in [0, 0.1) is 6.92 Å². The van der Waals surface area contributed by atoms with Crippen molar-refractivity contribution in [2.24, 2.45) is 0 Å². The highest BCUT2D eigenvalue weighted by molar-refractivity contribution is 6.06. The number of ether oxygens (including phenoxy) is 2. The molecule has 0 aliphatic rings. The molecule has 0 saturated heterocycles. The number of nitrogens with one attached hydrogen (secondary N) is 1. The van der Waals surface area contributed by atoms with Crippen molar-refractivity contribution in [2.75, 3.05) is 19.1 Å². The van der Waals surface area contributed by atoms with E-state index >= 15 is 0 Å². The monoisotopic (exact) mass is 428 g/mol. The van der Waals surface area contributed by atoms with Crippen molar-refractivity contribution < 1.29 is 14.3 Å². The number of amides is 1. The van der Waals surface area contributed by atoms with E-state index in [1.165, 1.54) is 0 Å². The van der Waals surface area contributed by atoms with E-state index in [0.717, 1.165) is 16.5 Å². The SMILES string of the molecule is COc1ccc(N(Cc2cc3cc(C)ccc3[nH]c2=O)C(=O)c2cccc(OC)c2)cc1. The maximum Gasteiger partial charge on any atom is 0.258 e. The van der Waals surface area contributed by atoms with Crippen molar-refractivity contribution in [3.8, 4) is 11.5 Å². The number of aromatic nitrogens is 1. The second-order valence-electron chi connectivity index (χ2n) is 7.54. The fourth-order valence-corrected chi connectivity index (χ4v) is 3.61. The number of hydrogen-bond acceptors (Lipinski definition) is 4. The number of fused-ring (bicyclic) bond motifs is 1. The van der Waals surface area contributed by atoms with Crippen LogP contribution < -0.4 is 19.9 Å². The van der Waals surface area contributed by atoms with E-state index in [2.05, 4.69) is 4.98 Å². The molecule has 1 amide bonds. The molecule has 0 saturated carbocycles. The van der Waals surface area contributed by atoms with Crippen LogP contribution in [0.2, 0.25) is 0 Å². The lowest BCUT2D eigenvalue weighted by atomic mass is 10.1. The third-order valence-electron chi connectivity index (χ3n) is 5.35. The molecule has 0 spiro atoms. The van der Waals surface area contributed by atoms with Crippen LogP contribution in [-0.4, -0.2) is 25.1 Å². The van der Waals surface area contributed by atoms with E-state index in [1.54, 1.807) is 67.7 Å². The third kappa shape index (κ3) is 4.34. The average Bonchev–Trinajstić information content (AvgIpc) is 2.82. The van der Waals surface area contributed by atoms with Crippen LogP contribution in [-0.2, 0) is 6.54 Å². The summed E-state index contributed by atoms with van der Waals surface area (Å²) in [5.41, 5.74) is 3.25. The number of nitrogens with zero attached hydrogens (tertiary/aromatic N) is 1. The number of rotatable bonds is 6. The fraction of sp³-hybridized carbons (Fsp3) is 0.154. The molecule has 1 aromatic heterocycles. The largest absolute Gasteiger partial charge is 0.497 e. The molecular weight excluding hydrogens is 404 g/mol. The lowest BCUT2D eigenvalue weighted by Gasteiger charge is -2.23. The van der Waals surface area contributed by atoms with E-state index in [-0.39, 0.29) is 18.0 Å². The highest BCUT2D eigenvalue weighted by atomic mass is 16.5. The number of benzene rings is 3. The number of hydrogen-bond donors (Lipinski definition) is 1. The van der Waals surface area contributed by atoms with Crippen LogP contribution in [0.4, 0.5) is 5.69 Å². The van der Waals surface area contributed by atoms with Gasteiger partial charge < -0.3 is 19.4 Å². The van der Waals surface area contributed by atoms with Gasteiger partial charge >= 0.3 is 0 Å². The molecule has 1 heterocycles. The zero-order valence-corrected chi connectivity index (χ0v) is 18.2. The Bertz CT molecular complexity index is 1330. The van der Waals surface area contributed by atoms with Crippen molar-refractivity contribution in [1.82, 2.24) is 4.98 Å². The highest BCUT2D eigenvalue weighted by Gasteiger charge is 2.20. The first-order valence-corrected chi connectivity index (χ1v) is 10.2. The molecule has 6 heteroatoms.